The van der Waals surface area contributed by atoms with Gasteiger partial charge in [-0.2, -0.15) is 21.6 Å². The van der Waals surface area contributed by atoms with E-state index in [2.05, 4.69) is 4.18 Å². The molecule has 0 aliphatic heterocycles. The van der Waals surface area contributed by atoms with Crippen LogP contribution in [-0.2, 0) is 21.5 Å². The SMILES string of the molecule is COCc1cc(OC)c(OS(=O)(=O)C(F)(F)F)c(OC)c1SC. The Morgan fingerprint density at radius 2 is 1.74 bits per heavy atom. The molecule has 0 amide bonds. The van der Waals surface area contributed by atoms with Crippen LogP contribution in [-0.4, -0.2) is 41.5 Å². The Labute approximate surface area is 136 Å². The number of hydrogen-bond donors (Lipinski definition) is 0. The summed E-state index contributed by atoms with van der Waals surface area (Å²) >= 11 is 1.14. The van der Waals surface area contributed by atoms with Crippen molar-refractivity contribution in [3.05, 3.63) is 11.6 Å². The molecule has 0 unspecified atom stereocenters. The number of ether oxygens (including phenoxy) is 3. The standard InChI is InChI=1S/C12H15F3O6S2/c1-18-6-7-5-8(19-2)9(10(20-3)11(7)22-4)21-23(16,17)12(13,14)15/h5H,6H2,1-4H3. The molecule has 0 aromatic heterocycles. The van der Waals surface area contributed by atoms with Gasteiger partial charge in [-0.3, -0.25) is 0 Å². The van der Waals surface area contributed by atoms with Crippen LogP contribution in [0.1, 0.15) is 5.56 Å². The summed E-state index contributed by atoms with van der Waals surface area (Å²) in [5.41, 5.74) is -5.03. The van der Waals surface area contributed by atoms with Crippen molar-refractivity contribution < 1.29 is 40.0 Å². The summed E-state index contributed by atoms with van der Waals surface area (Å²) in [6.45, 7) is 0.120. The fourth-order valence-corrected chi connectivity index (χ4v) is 2.92. The number of halogens is 3. The van der Waals surface area contributed by atoms with Gasteiger partial charge >= 0.3 is 15.6 Å². The van der Waals surface area contributed by atoms with E-state index in [4.69, 9.17) is 14.2 Å². The minimum absolute atomic E-state index is 0.120. The molecule has 1 rings (SSSR count). The number of alkyl halides is 3. The lowest BCUT2D eigenvalue weighted by atomic mass is 10.2. The van der Waals surface area contributed by atoms with Crippen molar-refractivity contribution in [2.75, 3.05) is 27.6 Å². The summed E-state index contributed by atoms with van der Waals surface area (Å²) in [5, 5.41) is 0. The van der Waals surface area contributed by atoms with Gasteiger partial charge in [-0.1, -0.05) is 0 Å². The Morgan fingerprint density at radius 3 is 2.13 bits per heavy atom. The van der Waals surface area contributed by atoms with E-state index in [9.17, 15) is 21.6 Å². The van der Waals surface area contributed by atoms with E-state index >= 15 is 0 Å². The number of benzene rings is 1. The summed E-state index contributed by atoms with van der Waals surface area (Å²) in [4.78, 5) is 0.377. The molecule has 6 nitrogen and oxygen atoms in total. The zero-order valence-electron chi connectivity index (χ0n) is 12.7. The van der Waals surface area contributed by atoms with Gasteiger partial charge in [0.1, 0.15) is 0 Å². The Bertz CT molecular complexity index is 658. The third kappa shape index (κ3) is 4.15. The summed E-state index contributed by atoms with van der Waals surface area (Å²) in [7, 11) is -2.09. The summed E-state index contributed by atoms with van der Waals surface area (Å²) < 4.78 is 79.4. The zero-order chi connectivity index (χ0) is 17.8. The first-order chi connectivity index (χ1) is 10.6. The van der Waals surface area contributed by atoms with E-state index in [0.717, 1.165) is 18.9 Å². The number of rotatable bonds is 7. The highest BCUT2D eigenvalue weighted by atomic mass is 32.2. The second-order valence-corrected chi connectivity index (χ2v) is 6.40. The summed E-state index contributed by atoms with van der Waals surface area (Å²) in [5.74, 6) is -1.08. The number of hydrogen-bond acceptors (Lipinski definition) is 7. The van der Waals surface area contributed by atoms with Gasteiger partial charge in [0.15, 0.2) is 11.5 Å². The number of thioether (sulfide) groups is 1. The molecule has 0 bridgehead atoms. The molecule has 0 saturated carbocycles. The number of methoxy groups -OCH3 is 3. The molecule has 0 aliphatic carbocycles. The average Bonchev–Trinajstić information content (AvgIpc) is 2.46. The van der Waals surface area contributed by atoms with Gasteiger partial charge in [0.2, 0.25) is 5.75 Å². The van der Waals surface area contributed by atoms with Crippen molar-refractivity contribution >= 4 is 21.9 Å². The molecule has 132 valence electrons. The summed E-state index contributed by atoms with van der Waals surface area (Å²) in [6.07, 6.45) is 1.64. The van der Waals surface area contributed by atoms with Crippen molar-refractivity contribution in [1.29, 1.82) is 0 Å². The fourth-order valence-electron chi connectivity index (χ4n) is 1.71. The zero-order valence-corrected chi connectivity index (χ0v) is 14.3. The lowest BCUT2D eigenvalue weighted by Crippen LogP contribution is -2.28. The lowest BCUT2D eigenvalue weighted by Gasteiger charge is -2.19. The van der Waals surface area contributed by atoms with Crippen LogP contribution >= 0.6 is 11.8 Å². The second kappa shape index (κ2) is 7.49. The van der Waals surface area contributed by atoms with Gasteiger partial charge in [-0.15, -0.1) is 11.8 Å². The molecule has 0 radical (unpaired) electrons. The first-order valence-corrected chi connectivity index (χ1v) is 8.57. The van der Waals surface area contributed by atoms with E-state index in [1.54, 1.807) is 6.26 Å². The van der Waals surface area contributed by atoms with Crippen LogP contribution < -0.4 is 13.7 Å². The summed E-state index contributed by atoms with van der Waals surface area (Å²) in [6, 6.07) is 1.33. The van der Waals surface area contributed by atoms with Crippen LogP contribution in [0.15, 0.2) is 11.0 Å². The van der Waals surface area contributed by atoms with E-state index in [-0.39, 0.29) is 18.1 Å². The monoisotopic (exact) mass is 376 g/mol. The van der Waals surface area contributed by atoms with Gasteiger partial charge in [0, 0.05) is 7.11 Å². The highest BCUT2D eigenvalue weighted by molar-refractivity contribution is 7.98. The third-order valence-corrected chi connectivity index (χ3v) is 4.45. The minimum atomic E-state index is -5.87. The first kappa shape index (κ1) is 19.7. The first-order valence-electron chi connectivity index (χ1n) is 5.94. The average molecular weight is 376 g/mol. The van der Waals surface area contributed by atoms with Crippen LogP contribution in [0.4, 0.5) is 13.2 Å². The van der Waals surface area contributed by atoms with Crippen LogP contribution in [0.2, 0.25) is 0 Å². The lowest BCUT2D eigenvalue weighted by molar-refractivity contribution is -0.0501. The Hall–Kier alpha value is -1.33. The molecule has 0 fully saturated rings. The minimum Gasteiger partial charge on any atom is -0.493 e. The fraction of sp³-hybridized carbons (Fsp3) is 0.500. The maximum atomic E-state index is 12.6. The molecule has 1 aromatic rings. The van der Waals surface area contributed by atoms with Crippen molar-refractivity contribution in [2.45, 2.75) is 17.0 Å². The largest absolute Gasteiger partial charge is 0.534 e. The molecule has 0 saturated heterocycles. The molecule has 0 spiro atoms. The van der Waals surface area contributed by atoms with Crippen LogP contribution in [0.3, 0.4) is 0 Å². The van der Waals surface area contributed by atoms with E-state index in [1.165, 1.54) is 20.3 Å². The Balaban J connectivity index is 3.58. The maximum Gasteiger partial charge on any atom is 0.534 e. The van der Waals surface area contributed by atoms with Crippen LogP contribution in [0, 0.1) is 0 Å². The molecule has 1 aromatic carbocycles. The van der Waals surface area contributed by atoms with Crippen molar-refractivity contribution in [3.63, 3.8) is 0 Å². The van der Waals surface area contributed by atoms with Gasteiger partial charge in [-0.05, 0) is 17.9 Å². The highest BCUT2D eigenvalue weighted by Gasteiger charge is 2.49. The molecule has 23 heavy (non-hydrogen) atoms. The molecule has 0 heterocycles. The van der Waals surface area contributed by atoms with Crippen LogP contribution in [0.25, 0.3) is 0 Å². The topological polar surface area (TPSA) is 71.1 Å². The second-order valence-electron chi connectivity index (χ2n) is 4.05. The van der Waals surface area contributed by atoms with Crippen molar-refractivity contribution in [3.8, 4) is 17.2 Å². The molecule has 11 heteroatoms. The van der Waals surface area contributed by atoms with Crippen LogP contribution in [0.5, 0.6) is 17.2 Å². The van der Waals surface area contributed by atoms with Gasteiger partial charge in [0.25, 0.3) is 0 Å². The molecule has 0 aliphatic rings. The van der Waals surface area contributed by atoms with Gasteiger partial charge in [-0.25, -0.2) is 0 Å². The quantitative estimate of drug-likeness (QED) is 0.412. The predicted octanol–water partition coefficient (Wildman–Crippen LogP) is 2.80. The Kier molecular flexibility index (Phi) is 6.42. The smallest absolute Gasteiger partial charge is 0.493 e. The van der Waals surface area contributed by atoms with E-state index in [1.807, 2.05) is 0 Å². The maximum absolute atomic E-state index is 12.6. The van der Waals surface area contributed by atoms with Crippen molar-refractivity contribution in [2.24, 2.45) is 0 Å². The molecule has 0 N–H and O–H groups in total. The normalized spacial score (nSPS) is 12.1. The Morgan fingerprint density at radius 1 is 1.13 bits per heavy atom. The molecular formula is C12H15F3O6S2. The predicted molar refractivity (Wildman–Crippen MR) is 77.6 cm³/mol. The van der Waals surface area contributed by atoms with E-state index < -0.39 is 21.4 Å². The van der Waals surface area contributed by atoms with E-state index in [0.29, 0.717) is 10.5 Å². The van der Waals surface area contributed by atoms with Gasteiger partial charge < -0.3 is 18.4 Å². The third-order valence-electron chi connectivity index (χ3n) is 2.64. The molecular weight excluding hydrogens is 361 g/mol. The van der Waals surface area contributed by atoms with Gasteiger partial charge in [0.05, 0.1) is 25.7 Å². The highest BCUT2D eigenvalue weighted by Crippen LogP contribution is 2.47. The van der Waals surface area contributed by atoms with Crippen molar-refractivity contribution in [1.82, 2.24) is 0 Å². The molecule has 0 atom stereocenters.